The van der Waals surface area contributed by atoms with Gasteiger partial charge in [-0.05, 0) is 98.3 Å². The van der Waals surface area contributed by atoms with Crippen LogP contribution in [0.15, 0.2) is 41.5 Å². The standard InChI is InChI=1S/C27H36O/c1-17-8-19-4-6-26(21(10-17)12-19)23-14-24(16-25(15-23)28-3)27-7-5-20-9-18(2)11-22(27)13-20/h10-11,14-20,26-27H,4-9,12-13H2,1-3H3. The number of ether oxygens (including phenoxy) is 1. The van der Waals surface area contributed by atoms with E-state index >= 15 is 0 Å². The zero-order valence-electron chi connectivity index (χ0n) is 17.9. The molecule has 4 aliphatic carbocycles. The number of fused-ring (bicyclic) bond motifs is 4. The normalized spacial score (nSPS) is 37.1. The fraction of sp³-hybridized carbons (Fsp3) is 0.630. The first kappa shape index (κ1) is 18.5. The lowest BCUT2D eigenvalue weighted by Gasteiger charge is -2.39. The van der Waals surface area contributed by atoms with Gasteiger partial charge >= 0.3 is 0 Å². The Balaban J connectivity index is 1.51. The Kier molecular flexibility index (Phi) is 4.89. The maximum atomic E-state index is 5.79. The third-order valence-electron chi connectivity index (χ3n) is 8.07. The van der Waals surface area contributed by atoms with Crippen molar-refractivity contribution in [3.8, 4) is 5.75 Å². The van der Waals surface area contributed by atoms with Crippen LogP contribution in [0, 0.1) is 23.7 Å². The highest BCUT2D eigenvalue weighted by Gasteiger charge is 2.34. The summed E-state index contributed by atoms with van der Waals surface area (Å²) in [5, 5.41) is 0. The summed E-state index contributed by atoms with van der Waals surface area (Å²) in [6.07, 6.45) is 16.1. The molecule has 0 N–H and O–H groups in total. The maximum absolute atomic E-state index is 5.79. The van der Waals surface area contributed by atoms with Crippen molar-refractivity contribution in [3.05, 3.63) is 52.6 Å². The number of methoxy groups -OCH3 is 1. The number of allylic oxidation sites excluding steroid dienone is 4. The van der Waals surface area contributed by atoms with Crippen LogP contribution in [-0.2, 0) is 0 Å². The zero-order valence-corrected chi connectivity index (χ0v) is 17.9. The van der Waals surface area contributed by atoms with Crippen LogP contribution in [0.2, 0.25) is 0 Å². The van der Waals surface area contributed by atoms with Gasteiger partial charge in [-0.25, -0.2) is 0 Å². The van der Waals surface area contributed by atoms with Crippen LogP contribution in [0.1, 0.15) is 88.2 Å². The molecule has 150 valence electrons. The lowest BCUT2D eigenvalue weighted by molar-refractivity contribution is 0.314. The van der Waals surface area contributed by atoms with Gasteiger partial charge in [0.1, 0.15) is 5.75 Å². The molecule has 2 saturated carbocycles. The summed E-state index contributed by atoms with van der Waals surface area (Å²) in [5.41, 5.74) is 6.45. The molecule has 5 rings (SSSR count). The smallest absolute Gasteiger partial charge is 0.119 e. The van der Waals surface area contributed by atoms with E-state index in [2.05, 4.69) is 44.2 Å². The molecule has 1 heteroatoms. The molecule has 0 heterocycles. The maximum Gasteiger partial charge on any atom is 0.119 e. The monoisotopic (exact) mass is 376 g/mol. The lowest BCUT2D eigenvalue weighted by Crippen LogP contribution is -2.24. The van der Waals surface area contributed by atoms with Gasteiger partial charge in [0.25, 0.3) is 0 Å². The molecular weight excluding hydrogens is 340 g/mol. The summed E-state index contributed by atoms with van der Waals surface area (Å²) >= 11 is 0. The van der Waals surface area contributed by atoms with E-state index in [4.69, 9.17) is 4.74 Å². The Morgan fingerprint density at radius 2 is 1.21 bits per heavy atom. The van der Waals surface area contributed by atoms with E-state index in [9.17, 15) is 0 Å². The molecule has 0 aliphatic heterocycles. The Morgan fingerprint density at radius 1 is 0.714 bits per heavy atom. The highest BCUT2D eigenvalue weighted by Crippen LogP contribution is 2.49. The largest absolute Gasteiger partial charge is 0.497 e. The highest BCUT2D eigenvalue weighted by molar-refractivity contribution is 5.44. The topological polar surface area (TPSA) is 9.23 Å². The van der Waals surface area contributed by atoms with E-state index in [1.54, 1.807) is 11.1 Å². The van der Waals surface area contributed by atoms with Gasteiger partial charge in [0.2, 0.25) is 0 Å². The summed E-state index contributed by atoms with van der Waals surface area (Å²) in [6.45, 7) is 4.81. The van der Waals surface area contributed by atoms with Crippen molar-refractivity contribution < 1.29 is 4.74 Å². The van der Waals surface area contributed by atoms with Gasteiger partial charge in [0.15, 0.2) is 0 Å². The molecule has 4 bridgehead atoms. The van der Waals surface area contributed by atoms with Gasteiger partial charge in [-0.2, -0.15) is 0 Å². The van der Waals surface area contributed by atoms with E-state index < -0.39 is 0 Å². The van der Waals surface area contributed by atoms with Gasteiger partial charge < -0.3 is 4.74 Å². The number of hydrogen-bond donors (Lipinski definition) is 0. The molecule has 0 spiro atoms. The molecule has 4 aliphatic rings. The predicted octanol–water partition coefficient (Wildman–Crippen LogP) is 7.40. The van der Waals surface area contributed by atoms with Crippen molar-refractivity contribution in [2.24, 2.45) is 23.7 Å². The molecule has 0 radical (unpaired) electrons. The van der Waals surface area contributed by atoms with Gasteiger partial charge in [0, 0.05) is 11.8 Å². The van der Waals surface area contributed by atoms with Crippen LogP contribution >= 0.6 is 0 Å². The number of hydrogen-bond acceptors (Lipinski definition) is 1. The number of benzene rings is 1. The van der Waals surface area contributed by atoms with Crippen molar-refractivity contribution in [1.29, 1.82) is 0 Å². The van der Waals surface area contributed by atoms with Crippen molar-refractivity contribution in [3.63, 3.8) is 0 Å². The minimum atomic E-state index is 0.614. The summed E-state index contributed by atoms with van der Waals surface area (Å²) in [4.78, 5) is 0. The first-order valence-electron chi connectivity index (χ1n) is 11.7. The van der Waals surface area contributed by atoms with Crippen LogP contribution in [0.4, 0.5) is 0 Å². The molecule has 1 nitrogen and oxygen atoms in total. The van der Waals surface area contributed by atoms with E-state index in [0.29, 0.717) is 11.8 Å². The first-order valence-corrected chi connectivity index (χ1v) is 11.7. The molecule has 0 aromatic heterocycles. The van der Waals surface area contributed by atoms with E-state index in [1.807, 2.05) is 7.11 Å². The van der Waals surface area contributed by atoms with Gasteiger partial charge in [-0.3, -0.25) is 0 Å². The molecular formula is C27H36O. The highest BCUT2D eigenvalue weighted by atomic mass is 16.5. The van der Waals surface area contributed by atoms with Crippen molar-refractivity contribution in [1.82, 2.24) is 0 Å². The zero-order chi connectivity index (χ0) is 19.3. The quantitative estimate of drug-likeness (QED) is 0.499. The van der Waals surface area contributed by atoms with Gasteiger partial charge in [-0.15, -0.1) is 0 Å². The van der Waals surface area contributed by atoms with Crippen LogP contribution in [-0.4, -0.2) is 7.11 Å². The van der Waals surface area contributed by atoms with Crippen LogP contribution in [0.5, 0.6) is 5.75 Å². The molecule has 0 amide bonds. The summed E-state index contributed by atoms with van der Waals surface area (Å²) < 4.78 is 5.79. The lowest BCUT2D eigenvalue weighted by atomic mass is 9.66. The second-order valence-electron chi connectivity index (χ2n) is 10.3. The second-order valence-corrected chi connectivity index (χ2v) is 10.3. The minimum absolute atomic E-state index is 0.614. The van der Waals surface area contributed by atoms with Crippen LogP contribution in [0.3, 0.4) is 0 Å². The van der Waals surface area contributed by atoms with Crippen molar-refractivity contribution >= 4 is 0 Å². The average Bonchev–Trinajstić information content (AvgIpc) is 2.67. The summed E-state index contributed by atoms with van der Waals surface area (Å²) in [7, 11) is 1.83. The fourth-order valence-electron chi connectivity index (χ4n) is 6.95. The molecule has 28 heavy (non-hydrogen) atoms. The fourth-order valence-corrected chi connectivity index (χ4v) is 6.95. The Bertz CT molecular complexity index is 738. The molecule has 1 aromatic rings. The molecule has 2 fully saturated rings. The van der Waals surface area contributed by atoms with Crippen molar-refractivity contribution in [2.75, 3.05) is 7.11 Å². The summed E-state index contributed by atoms with van der Waals surface area (Å²) in [5.74, 6) is 5.66. The second kappa shape index (κ2) is 7.39. The average molecular weight is 377 g/mol. The van der Waals surface area contributed by atoms with Gasteiger partial charge in [-0.1, -0.05) is 43.2 Å². The predicted molar refractivity (Wildman–Crippen MR) is 117 cm³/mol. The SMILES string of the molecule is COc1cc(C2CCC3CC2=CC(C)C3)cc(C2CCC3CC2=CC(C)C3)c1. The van der Waals surface area contributed by atoms with Crippen molar-refractivity contribution in [2.45, 2.75) is 77.0 Å². The molecule has 0 saturated heterocycles. The Morgan fingerprint density at radius 3 is 1.68 bits per heavy atom. The Labute approximate surface area is 171 Å². The van der Waals surface area contributed by atoms with Crippen LogP contribution in [0.25, 0.3) is 0 Å². The van der Waals surface area contributed by atoms with E-state index in [0.717, 1.165) is 29.4 Å². The third kappa shape index (κ3) is 3.46. The van der Waals surface area contributed by atoms with E-state index in [-0.39, 0.29) is 0 Å². The molecule has 6 atom stereocenters. The molecule has 1 aromatic carbocycles. The third-order valence-corrected chi connectivity index (χ3v) is 8.07. The molecule has 6 unspecified atom stereocenters. The van der Waals surface area contributed by atoms with E-state index in [1.165, 1.54) is 62.5 Å². The summed E-state index contributed by atoms with van der Waals surface area (Å²) in [6, 6.07) is 7.22. The van der Waals surface area contributed by atoms with Crippen LogP contribution < -0.4 is 4.74 Å². The Hall–Kier alpha value is -1.50. The minimum Gasteiger partial charge on any atom is -0.497 e. The van der Waals surface area contributed by atoms with Gasteiger partial charge in [0.05, 0.1) is 7.11 Å². The number of rotatable bonds is 3. The first-order chi connectivity index (χ1) is 13.6.